The minimum absolute atomic E-state index is 0.0470. The number of nitrogens with zero attached hydrogens (tertiary/aromatic N) is 1. The summed E-state index contributed by atoms with van der Waals surface area (Å²) in [6.07, 6.45) is 1.79. The van der Waals surface area contributed by atoms with Crippen LogP contribution in [0.3, 0.4) is 0 Å². The fourth-order valence-corrected chi connectivity index (χ4v) is 2.78. The first-order valence-corrected chi connectivity index (χ1v) is 7.50. The molecule has 0 amide bonds. The van der Waals surface area contributed by atoms with Gasteiger partial charge in [0.2, 0.25) is 0 Å². The molecule has 0 radical (unpaired) electrons. The number of hydrogen-bond donors (Lipinski definition) is 0. The molecule has 108 valence electrons. The van der Waals surface area contributed by atoms with E-state index in [1.54, 1.807) is 0 Å². The zero-order valence-corrected chi connectivity index (χ0v) is 12.4. The largest absolute Gasteiger partial charge is 0.493 e. The number of oxime groups is 1. The molecule has 1 aromatic carbocycles. The molecule has 0 aliphatic carbocycles. The van der Waals surface area contributed by atoms with E-state index in [9.17, 15) is 0 Å². The molecule has 2 heterocycles. The molecule has 0 fully saturated rings. The molecular formula is C15H18ClNO3. The second-order valence-electron chi connectivity index (χ2n) is 5.15. The lowest BCUT2D eigenvalue weighted by atomic mass is 10.0. The topological polar surface area (TPSA) is 40.0 Å². The maximum absolute atomic E-state index is 5.82. The fraction of sp³-hybridized carbons (Fsp3) is 0.533. The summed E-state index contributed by atoms with van der Waals surface area (Å²) in [5, 5.41) is 4.14. The van der Waals surface area contributed by atoms with E-state index in [4.69, 9.17) is 25.9 Å². The molecule has 0 saturated heterocycles. The van der Waals surface area contributed by atoms with Crippen molar-refractivity contribution in [2.45, 2.75) is 38.9 Å². The highest BCUT2D eigenvalue weighted by Gasteiger charge is 2.27. The van der Waals surface area contributed by atoms with Crippen molar-refractivity contribution in [1.29, 1.82) is 0 Å². The van der Waals surface area contributed by atoms with E-state index in [1.807, 2.05) is 13.0 Å². The van der Waals surface area contributed by atoms with Crippen LogP contribution in [0.25, 0.3) is 0 Å². The van der Waals surface area contributed by atoms with Gasteiger partial charge in [-0.2, -0.15) is 0 Å². The molecule has 2 unspecified atom stereocenters. The van der Waals surface area contributed by atoms with Crippen molar-refractivity contribution in [2.75, 3.05) is 12.5 Å². The van der Waals surface area contributed by atoms with Crippen LogP contribution in [0, 0.1) is 0 Å². The minimum atomic E-state index is -0.0470. The molecule has 3 rings (SSSR count). The van der Waals surface area contributed by atoms with Gasteiger partial charge < -0.3 is 14.3 Å². The second-order valence-corrected chi connectivity index (χ2v) is 5.45. The molecule has 0 aromatic heterocycles. The summed E-state index contributed by atoms with van der Waals surface area (Å²) in [5.74, 6) is 2.21. The van der Waals surface area contributed by atoms with Crippen molar-refractivity contribution in [3.05, 3.63) is 23.3 Å². The van der Waals surface area contributed by atoms with Gasteiger partial charge >= 0.3 is 0 Å². The van der Waals surface area contributed by atoms with E-state index < -0.39 is 0 Å². The average Bonchev–Trinajstić information content (AvgIpc) is 3.03. The van der Waals surface area contributed by atoms with Crippen LogP contribution in [0.1, 0.15) is 31.4 Å². The van der Waals surface area contributed by atoms with Gasteiger partial charge in [-0.3, -0.25) is 0 Å². The third kappa shape index (κ3) is 2.44. The Morgan fingerprint density at radius 3 is 2.95 bits per heavy atom. The zero-order chi connectivity index (χ0) is 14.1. The second kappa shape index (κ2) is 5.52. The van der Waals surface area contributed by atoms with Crippen LogP contribution in [0.5, 0.6) is 11.5 Å². The molecule has 2 aliphatic rings. The highest BCUT2D eigenvalue weighted by molar-refractivity contribution is 6.18. The van der Waals surface area contributed by atoms with Gasteiger partial charge in [-0.05, 0) is 26.0 Å². The van der Waals surface area contributed by atoms with Crippen LogP contribution in [0.15, 0.2) is 17.3 Å². The summed E-state index contributed by atoms with van der Waals surface area (Å²) in [7, 11) is 0. The zero-order valence-electron chi connectivity index (χ0n) is 11.7. The monoisotopic (exact) mass is 295 g/mol. The first kappa shape index (κ1) is 13.6. The van der Waals surface area contributed by atoms with Crippen LogP contribution in [-0.2, 0) is 11.3 Å². The summed E-state index contributed by atoms with van der Waals surface area (Å²) < 4.78 is 11.6. The molecule has 0 spiro atoms. The SMILES string of the molecule is CCOc1cc2c(cc1C1=NOC(CCl)C1)OC(C)C2. The van der Waals surface area contributed by atoms with Crippen molar-refractivity contribution in [3.8, 4) is 11.5 Å². The molecule has 0 saturated carbocycles. The summed E-state index contributed by atoms with van der Waals surface area (Å²) in [4.78, 5) is 5.30. The Hall–Kier alpha value is -1.42. The Morgan fingerprint density at radius 2 is 2.25 bits per heavy atom. The summed E-state index contributed by atoms with van der Waals surface area (Å²) >= 11 is 5.82. The lowest BCUT2D eigenvalue weighted by Gasteiger charge is -2.12. The number of rotatable bonds is 4. The van der Waals surface area contributed by atoms with Gasteiger partial charge in [-0.15, -0.1) is 11.6 Å². The predicted octanol–water partition coefficient (Wildman–Crippen LogP) is 3.14. The van der Waals surface area contributed by atoms with Crippen LogP contribution in [0.4, 0.5) is 0 Å². The third-order valence-electron chi connectivity index (χ3n) is 3.51. The van der Waals surface area contributed by atoms with Crippen molar-refractivity contribution in [1.82, 2.24) is 0 Å². The highest BCUT2D eigenvalue weighted by Crippen LogP contribution is 2.36. The summed E-state index contributed by atoms with van der Waals surface area (Å²) in [6, 6.07) is 4.08. The molecule has 2 aliphatic heterocycles. The number of benzene rings is 1. The van der Waals surface area contributed by atoms with E-state index in [2.05, 4.69) is 18.1 Å². The van der Waals surface area contributed by atoms with Gasteiger partial charge in [0, 0.05) is 24.0 Å². The van der Waals surface area contributed by atoms with Gasteiger partial charge in [0.1, 0.15) is 23.7 Å². The lowest BCUT2D eigenvalue weighted by molar-refractivity contribution is 0.102. The van der Waals surface area contributed by atoms with Crippen molar-refractivity contribution >= 4 is 17.3 Å². The highest BCUT2D eigenvalue weighted by atomic mass is 35.5. The summed E-state index contributed by atoms with van der Waals surface area (Å²) in [5.41, 5.74) is 3.02. The Labute approximate surface area is 123 Å². The standard InChI is InChI=1S/C15H18ClNO3/c1-3-18-15-5-10-4-9(2)19-14(10)7-12(15)13-6-11(8-16)20-17-13/h5,7,9,11H,3-4,6,8H2,1-2H3. The van der Waals surface area contributed by atoms with Gasteiger partial charge in [-0.25, -0.2) is 0 Å². The molecule has 4 nitrogen and oxygen atoms in total. The smallest absolute Gasteiger partial charge is 0.146 e. The van der Waals surface area contributed by atoms with E-state index in [-0.39, 0.29) is 12.2 Å². The van der Waals surface area contributed by atoms with E-state index in [1.165, 1.54) is 5.56 Å². The van der Waals surface area contributed by atoms with Crippen molar-refractivity contribution in [2.24, 2.45) is 5.16 Å². The number of halogens is 1. The average molecular weight is 296 g/mol. The Kier molecular flexibility index (Phi) is 3.74. The molecule has 2 atom stereocenters. The van der Waals surface area contributed by atoms with Crippen LogP contribution in [0.2, 0.25) is 0 Å². The Bertz CT molecular complexity index is 544. The Balaban J connectivity index is 1.95. The number of hydrogen-bond acceptors (Lipinski definition) is 4. The van der Waals surface area contributed by atoms with Crippen LogP contribution in [-0.4, -0.2) is 30.4 Å². The van der Waals surface area contributed by atoms with Gasteiger partial charge in [0.05, 0.1) is 18.2 Å². The Morgan fingerprint density at radius 1 is 1.40 bits per heavy atom. The van der Waals surface area contributed by atoms with Crippen LogP contribution >= 0.6 is 11.6 Å². The molecule has 0 N–H and O–H groups in total. The van der Waals surface area contributed by atoms with Gasteiger partial charge in [0.15, 0.2) is 0 Å². The predicted molar refractivity (Wildman–Crippen MR) is 78.2 cm³/mol. The van der Waals surface area contributed by atoms with Crippen LogP contribution < -0.4 is 9.47 Å². The number of fused-ring (bicyclic) bond motifs is 1. The normalized spacial score (nSPS) is 23.9. The molecule has 1 aromatic rings. The van der Waals surface area contributed by atoms with E-state index in [0.717, 1.165) is 29.2 Å². The van der Waals surface area contributed by atoms with Crippen molar-refractivity contribution in [3.63, 3.8) is 0 Å². The van der Waals surface area contributed by atoms with Crippen molar-refractivity contribution < 1.29 is 14.3 Å². The quantitative estimate of drug-likeness (QED) is 0.801. The number of ether oxygens (including phenoxy) is 2. The molecular weight excluding hydrogens is 278 g/mol. The lowest BCUT2D eigenvalue weighted by Crippen LogP contribution is -2.11. The molecule has 20 heavy (non-hydrogen) atoms. The maximum Gasteiger partial charge on any atom is 0.146 e. The fourth-order valence-electron chi connectivity index (χ4n) is 2.61. The number of alkyl halides is 1. The maximum atomic E-state index is 5.82. The van der Waals surface area contributed by atoms with Gasteiger partial charge in [0.25, 0.3) is 0 Å². The van der Waals surface area contributed by atoms with E-state index in [0.29, 0.717) is 18.9 Å². The van der Waals surface area contributed by atoms with Gasteiger partial charge in [-0.1, -0.05) is 5.16 Å². The minimum Gasteiger partial charge on any atom is -0.493 e. The first-order valence-electron chi connectivity index (χ1n) is 6.96. The first-order chi connectivity index (χ1) is 9.71. The third-order valence-corrected chi connectivity index (χ3v) is 3.86. The molecule has 5 heteroatoms. The molecule has 0 bridgehead atoms. The summed E-state index contributed by atoms with van der Waals surface area (Å²) in [6.45, 7) is 4.67. The van der Waals surface area contributed by atoms with E-state index >= 15 is 0 Å².